The van der Waals surface area contributed by atoms with Crippen molar-refractivity contribution < 1.29 is 0 Å². The van der Waals surface area contributed by atoms with Crippen molar-refractivity contribution in [3.63, 3.8) is 0 Å². The number of fused-ring (bicyclic) bond motifs is 1. The molecule has 0 amide bonds. The zero-order valence-electron chi connectivity index (χ0n) is 9.51. The second-order valence-electron chi connectivity index (χ2n) is 4.57. The number of hydrogen-bond acceptors (Lipinski definition) is 3. The van der Waals surface area contributed by atoms with Crippen molar-refractivity contribution >= 4 is 27.9 Å². The third-order valence-electron chi connectivity index (χ3n) is 3.13. The van der Waals surface area contributed by atoms with Crippen LogP contribution in [0.25, 0.3) is 16.2 Å². The lowest BCUT2D eigenvalue weighted by molar-refractivity contribution is 0.905. The lowest BCUT2D eigenvalue weighted by atomic mass is 10.2. The standard InChI is InChI=1S/C13H10ClN3S/c14-10-5-3-8(4-6-10)11-7-17-13(15-11)18-12(16-17)9-1-2-9/h3-7,9H,1-2H2. The molecule has 90 valence electrons. The third-order valence-corrected chi connectivity index (χ3v) is 4.46. The van der Waals surface area contributed by atoms with Gasteiger partial charge in [0, 0.05) is 16.5 Å². The van der Waals surface area contributed by atoms with Gasteiger partial charge in [0.1, 0.15) is 5.01 Å². The molecule has 4 rings (SSSR count). The summed E-state index contributed by atoms with van der Waals surface area (Å²) in [5, 5.41) is 6.55. The molecule has 0 unspecified atom stereocenters. The second kappa shape index (κ2) is 3.80. The van der Waals surface area contributed by atoms with Gasteiger partial charge in [-0.3, -0.25) is 0 Å². The molecule has 3 aromatic rings. The molecule has 2 aromatic heterocycles. The van der Waals surface area contributed by atoms with E-state index in [-0.39, 0.29) is 0 Å². The lowest BCUT2D eigenvalue weighted by Crippen LogP contribution is -1.83. The van der Waals surface area contributed by atoms with Crippen LogP contribution in [0.4, 0.5) is 0 Å². The molecule has 2 heterocycles. The van der Waals surface area contributed by atoms with Crippen LogP contribution in [0.15, 0.2) is 30.5 Å². The van der Waals surface area contributed by atoms with Gasteiger partial charge in [0.2, 0.25) is 4.96 Å². The summed E-state index contributed by atoms with van der Waals surface area (Å²) in [6.45, 7) is 0. The van der Waals surface area contributed by atoms with Gasteiger partial charge in [0.15, 0.2) is 0 Å². The molecule has 5 heteroatoms. The minimum Gasteiger partial charge on any atom is -0.217 e. The monoisotopic (exact) mass is 275 g/mol. The third kappa shape index (κ3) is 1.72. The number of aromatic nitrogens is 3. The Bertz CT molecular complexity index is 678. The summed E-state index contributed by atoms with van der Waals surface area (Å²) < 4.78 is 1.89. The van der Waals surface area contributed by atoms with Crippen LogP contribution < -0.4 is 0 Å². The Morgan fingerprint density at radius 3 is 2.67 bits per heavy atom. The molecule has 1 aliphatic carbocycles. The van der Waals surface area contributed by atoms with Crippen LogP contribution in [0, 0.1) is 0 Å². The summed E-state index contributed by atoms with van der Waals surface area (Å²) in [6, 6.07) is 7.73. The Balaban J connectivity index is 1.76. The van der Waals surface area contributed by atoms with E-state index < -0.39 is 0 Å². The topological polar surface area (TPSA) is 30.2 Å². The van der Waals surface area contributed by atoms with Crippen molar-refractivity contribution in [1.82, 2.24) is 14.6 Å². The van der Waals surface area contributed by atoms with Gasteiger partial charge >= 0.3 is 0 Å². The van der Waals surface area contributed by atoms with E-state index >= 15 is 0 Å². The highest BCUT2D eigenvalue weighted by Gasteiger charge is 2.27. The molecule has 1 aromatic carbocycles. The first-order valence-electron chi connectivity index (χ1n) is 5.92. The SMILES string of the molecule is Clc1ccc(-c2cn3nc(C4CC4)sc3n2)cc1. The molecular weight excluding hydrogens is 266 g/mol. The fourth-order valence-corrected chi connectivity index (χ4v) is 3.15. The highest BCUT2D eigenvalue weighted by atomic mass is 35.5. The molecule has 0 saturated heterocycles. The van der Waals surface area contributed by atoms with E-state index in [9.17, 15) is 0 Å². The van der Waals surface area contributed by atoms with Gasteiger partial charge in [-0.2, -0.15) is 5.10 Å². The molecular formula is C13H10ClN3S. The van der Waals surface area contributed by atoms with Crippen LogP contribution in [0.2, 0.25) is 5.02 Å². The normalized spacial score (nSPS) is 15.4. The fraction of sp³-hybridized carbons (Fsp3) is 0.231. The molecule has 0 aliphatic heterocycles. The summed E-state index contributed by atoms with van der Waals surface area (Å²) in [4.78, 5) is 5.59. The van der Waals surface area contributed by atoms with Crippen molar-refractivity contribution in [2.24, 2.45) is 0 Å². The van der Waals surface area contributed by atoms with E-state index in [1.54, 1.807) is 11.3 Å². The first-order chi connectivity index (χ1) is 8.79. The summed E-state index contributed by atoms with van der Waals surface area (Å²) in [7, 11) is 0. The van der Waals surface area contributed by atoms with Gasteiger partial charge in [-0.1, -0.05) is 35.1 Å². The van der Waals surface area contributed by atoms with Crippen molar-refractivity contribution in [2.45, 2.75) is 18.8 Å². The van der Waals surface area contributed by atoms with E-state index in [0.717, 1.165) is 21.2 Å². The van der Waals surface area contributed by atoms with Crippen LogP contribution in [0.3, 0.4) is 0 Å². The molecule has 0 atom stereocenters. The van der Waals surface area contributed by atoms with Crippen LogP contribution in [-0.4, -0.2) is 14.6 Å². The van der Waals surface area contributed by atoms with Crippen LogP contribution >= 0.6 is 22.9 Å². The lowest BCUT2D eigenvalue weighted by Gasteiger charge is -1.95. The van der Waals surface area contributed by atoms with Gasteiger partial charge < -0.3 is 0 Å². The molecule has 1 aliphatic rings. The Labute approximate surface area is 113 Å². The van der Waals surface area contributed by atoms with Gasteiger partial charge in [-0.05, 0) is 25.0 Å². The maximum atomic E-state index is 5.88. The van der Waals surface area contributed by atoms with Crippen LogP contribution in [-0.2, 0) is 0 Å². The number of nitrogens with zero attached hydrogens (tertiary/aromatic N) is 3. The van der Waals surface area contributed by atoms with E-state index in [1.165, 1.54) is 17.8 Å². The highest BCUT2D eigenvalue weighted by Crippen LogP contribution is 2.42. The summed E-state index contributed by atoms with van der Waals surface area (Å²) in [5.74, 6) is 0.690. The minimum absolute atomic E-state index is 0.690. The van der Waals surface area contributed by atoms with E-state index in [0.29, 0.717) is 5.92 Å². The van der Waals surface area contributed by atoms with Crippen molar-refractivity contribution in [1.29, 1.82) is 0 Å². The molecule has 0 radical (unpaired) electrons. The first-order valence-corrected chi connectivity index (χ1v) is 7.11. The Morgan fingerprint density at radius 1 is 1.22 bits per heavy atom. The average molecular weight is 276 g/mol. The van der Waals surface area contributed by atoms with Gasteiger partial charge in [-0.15, -0.1) is 0 Å². The molecule has 1 fully saturated rings. The van der Waals surface area contributed by atoms with Crippen LogP contribution in [0.5, 0.6) is 0 Å². The molecule has 0 spiro atoms. The van der Waals surface area contributed by atoms with Crippen molar-refractivity contribution in [3.8, 4) is 11.3 Å². The molecule has 0 bridgehead atoms. The quantitative estimate of drug-likeness (QED) is 0.708. The predicted octanol–water partition coefficient (Wildman–Crippen LogP) is 3.99. The smallest absolute Gasteiger partial charge is 0.212 e. The van der Waals surface area contributed by atoms with Gasteiger partial charge in [0.05, 0.1) is 11.9 Å². The fourth-order valence-electron chi connectivity index (χ4n) is 1.97. The highest BCUT2D eigenvalue weighted by molar-refractivity contribution is 7.16. The van der Waals surface area contributed by atoms with Crippen molar-refractivity contribution in [3.05, 3.63) is 40.5 Å². The number of rotatable bonds is 2. The van der Waals surface area contributed by atoms with Crippen LogP contribution in [0.1, 0.15) is 23.8 Å². The van der Waals surface area contributed by atoms with E-state index in [1.807, 2.05) is 35.0 Å². The number of benzene rings is 1. The molecule has 1 saturated carbocycles. The summed E-state index contributed by atoms with van der Waals surface area (Å²) >= 11 is 7.58. The second-order valence-corrected chi connectivity index (χ2v) is 6.00. The Morgan fingerprint density at radius 2 is 2.00 bits per heavy atom. The van der Waals surface area contributed by atoms with E-state index in [2.05, 4.69) is 10.1 Å². The Kier molecular flexibility index (Phi) is 2.22. The number of hydrogen-bond donors (Lipinski definition) is 0. The molecule has 3 nitrogen and oxygen atoms in total. The minimum atomic E-state index is 0.690. The molecule has 0 N–H and O–H groups in total. The summed E-state index contributed by atoms with van der Waals surface area (Å²) in [6.07, 6.45) is 4.54. The summed E-state index contributed by atoms with van der Waals surface area (Å²) in [5.41, 5.74) is 2.03. The first kappa shape index (κ1) is 10.5. The number of halogens is 1. The number of imidazole rings is 1. The average Bonchev–Trinajstić information content (AvgIpc) is 3.02. The zero-order valence-corrected chi connectivity index (χ0v) is 11.1. The largest absolute Gasteiger partial charge is 0.217 e. The van der Waals surface area contributed by atoms with E-state index in [4.69, 9.17) is 11.6 Å². The van der Waals surface area contributed by atoms with Gasteiger partial charge in [-0.25, -0.2) is 9.50 Å². The molecule has 18 heavy (non-hydrogen) atoms. The van der Waals surface area contributed by atoms with Crippen molar-refractivity contribution in [2.75, 3.05) is 0 Å². The predicted molar refractivity (Wildman–Crippen MR) is 73.3 cm³/mol. The maximum absolute atomic E-state index is 5.88. The van der Waals surface area contributed by atoms with Gasteiger partial charge in [0.25, 0.3) is 0 Å². The Hall–Kier alpha value is -1.39. The zero-order chi connectivity index (χ0) is 12.1. The maximum Gasteiger partial charge on any atom is 0.212 e.